The molecule has 18 heavy (non-hydrogen) atoms. The van der Waals surface area contributed by atoms with Gasteiger partial charge in [0.25, 0.3) is 0 Å². The third-order valence-electron chi connectivity index (χ3n) is 3.43. The molecule has 0 bridgehead atoms. The van der Waals surface area contributed by atoms with Gasteiger partial charge in [-0.3, -0.25) is 4.79 Å². The number of likely N-dealkylation sites (N-methyl/N-ethyl adjacent to an activating group) is 1. The predicted molar refractivity (Wildman–Crippen MR) is 67.2 cm³/mol. The zero-order valence-corrected chi connectivity index (χ0v) is 10.6. The number of nitrogens with two attached hydrogens (primary N) is 1. The molecule has 0 saturated carbocycles. The molecular weight excluding hydrogens is 232 g/mol. The van der Waals surface area contributed by atoms with E-state index in [0.717, 1.165) is 25.2 Å². The van der Waals surface area contributed by atoms with Gasteiger partial charge >= 0.3 is 5.97 Å². The Morgan fingerprint density at radius 2 is 2.56 bits per heavy atom. The van der Waals surface area contributed by atoms with E-state index in [1.54, 1.807) is 6.20 Å². The SMILES string of the molecule is CN1CCCC(c2cnc(C(N)CC(=O)O)[nH]2)C1. The number of piperidine rings is 1. The average molecular weight is 252 g/mol. The van der Waals surface area contributed by atoms with Crippen LogP contribution in [0.2, 0.25) is 0 Å². The van der Waals surface area contributed by atoms with Crippen molar-refractivity contribution in [2.45, 2.75) is 31.2 Å². The summed E-state index contributed by atoms with van der Waals surface area (Å²) in [5.41, 5.74) is 6.85. The first kappa shape index (κ1) is 13.0. The van der Waals surface area contributed by atoms with Crippen LogP contribution in [0, 0.1) is 0 Å². The molecule has 0 aliphatic carbocycles. The van der Waals surface area contributed by atoms with Crippen molar-refractivity contribution in [2.75, 3.05) is 20.1 Å². The summed E-state index contributed by atoms with van der Waals surface area (Å²) < 4.78 is 0. The maximum absolute atomic E-state index is 10.6. The molecule has 6 nitrogen and oxygen atoms in total. The van der Waals surface area contributed by atoms with E-state index in [9.17, 15) is 4.79 Å². The number of nitrogens with zero attached hydrogens (tertiary/aromatic N) is 2. The first-order valence-electron chi connectivity index (χ1n) is 6.27. The Hall–Kier alpha value is -1.40. The van der Waals surface area contributed by atoms with Crippen molar-refractivity contribution in [2.24, 2.45) is 5.73 Å². The van der Waals surface area contributed by atoms with Crippen LogP contribution in [0.1, 0.15) is 42.7 Å². The van der Waals surface area contributed by atoms with Crippen molar-refractivity contribution in [3.63, 3.8) is 0 Å². The van der Waals surface area contributed by atoms with Gasteiger partial charge in [0.2, 0.25) is 0 Å². The first-order chi connectivity index (χ1) is 8.56. The maximum Gasteiger partial charge on any atom is 0.305 e. The van der Waals surface area contributed by atoms with Crippen LogP contribution < -0.4 is 5.73 Å². The van der Waals surface area contributed by atoms with E-state index < -0.39 is 12.0 Å². The highest BCUT2D eigenvalue weighted by atomic mass is 16.4. The van der Waals surface area contributed by atoms with Crippen LogP contribution in [-0.2, 0) is 4.79 Å². The summed E-state index contributed by atoms with van der Waals surface area (Å²) in [4.78, 5) is 20.3. The van der Waals surface area contributed by atoms with Crippen LogP contribution in [-0.4, -0.2) is 46.1 Å². The monoisotopic (exact) mass is 252 g/mol. The summed E-state index contributed by atoms with van der Waals surface area (Å²) in [6.45, 7) is 2.14. The van der Waals surface area contributed by atoms with Gasteiger partial charge in [-0.2, -0.15) is 0 Å². The van der Waals surface area contributed by atoms with Gasteiger partial charge in [0, 0.05) is 24.4 Å². The summed E-state index contributed by atoms with van der Waals surface area (Å²) in [5, 5.41) is 8.71. The number of H-pyrrole nitrogens is 1. The van der Waals surface area contributed by atoms with E-state index in [4.69, 9.17) is 10.8 Å². The van der Waals surface area contributed by atoms with Crippen molar-refractivity contribution in [1.82, 2.24) is 14.9 Å². The highest BCUT2D eigenvalue weighted by Crippen LogP contribution is 2.25. The molecule has 2 rings (SSSR count). The summed E-state index contributed by atoms with van der Waals surface area (Å²) in [7, 11) is 2.11. The van der Waals surface area contributed by atoms with Crippen molar-refractivity contribution in [3.8, 4) is 0 Å². The lowest BCUT2D eigenvalue weighted by Gasteiger charge is -2.28. The Bertz CT molecular complexity index is 418. The summed E-state index contributed by atoms with van der Waals surface area (Å²) in [6.07, 6.45) is 4.01. The number of rotatable bonds is 4. The predicted octanol–water partition coefficient (Wildman–Crippen LogP) is 0.693. The minimum absolute atomic E-state index is 0.0997. The molecule has 1 aliphatic rings. The van der Waals surface area contributed by atoms with E-state index >= 15 is 0 Å². The molecule has 2 unspecified atom stereocenters. The second kappa shape index (κ2) is 5.49. The van der Waals surface area contributed by atoms with E-state index in [1.165, 1.54) is 6.42 Å². The Morgan fingerprint density at radius 3 is 3.22 bits per heavy atom. The fraction of sp³-hybridized carbons (Fsp3) is 0.667. The van der Waals surface area contributed by atoms with Crippen LogP contribution in [0.25, 0.3) is 0 Å². The second-order valence-electron chi connectivity index (χ2n) is 5.03. The minimum atomic E-state index is -0.905. The number of likely N-dealkylation sites (tertiary alicyclic amines) is 1. The van der Waals surface area contributed by atoms with Crippen LogP contribution in [0.3, 0.4) is 0 Å². The molecule has 0 amide bonds. The van der Waals surface area contributed by atoms with Gasteiger partial charge in [0.05, 0.1) is 12.5 Å². The molecule has 100 valence electrons. The summed E-state index contributed by atoms with van der Waals surface area (Å²) in [6, 6.07) is -0.558. The van der Waals surface area contributed by atoms with Gasteiger partial charge in [0.15, 0.2) is 0 Å². The standard InChI is InChI=1S/C12H20N4O2/c1-16-4-2-3-8(7-16)10-6-14-12(15-10)9(13)5-11(17)18/h6,8-9H,2-5,7,13H2,1H3,(H,14,15)(H,17,18). The number of nitrogens with one attached hydrogen (secondary N) is 1. The number of aromatic nitrogens is 2. The Balaban J connectivity index is 2.03. The van der Waals surface area contributed by atoms with Crippen LogP contribution in [0.15, 0.2) is 6.20 Å². The number of aromatic amines is 1. The molecule has 1 aromatic rings. The van der Waals surface area contributed by atoms with Gasteiger partial charge in [-0.05, 0) is 26.4 Å². The van der Waals surface area contributed by atoms with Crippen molar-refractivity contribution < 1.29 is 9.90 Å². The highest BCUT2D eigenvalue weighted by molar-refractivity contribution is 5.67. The highest BCUT2D eigenvalue weighted by Gasteiger charge is 2.22. The average Bonchev–Trinajstić information content (AvgIpc) is 2.77. The topological polar surface area (TPSA) is 95.2 Å². The summed E-state index contributed by atoms with van der Waals surface area (Å²) >= 11 is 0. The quantitative estimate of drug-likeness (QED) is 0.733. The normalized spacial score (nSPS) is 22.9. The zero-order valence-electron chi connectivity index (χ0n) is 10.6. The molecular formula is C12H20N4O2. The van der Waals surface area contributed by atoms with Crippen LogP contribution in [0.5, 0.6) is 0 Å². The number of carboxylic acids is 1. The van der Waals surface area contributed by atoms with Crippen LogP contribution >= 0.6 is 0 Å². The lowest BCUT2D eigenvalue weighted by atomic mass is 9.96. The van der Waals surface area contributed by atoms with Crippen LogP contribution in [0.4, 0.5) is 0 Å². The van der Waals surface area contributed by atoms with E-state index in [1.807, 2.05) is 0 Å². The molecule has 1 saturated heterocycles. The lowest BCUT2D eigenvalue weighted by molar-refractivity contribution is -0.137. The van der Waals surface area contributed by atoms with E-state index in [0.29, 0.717) is 11.7 Å². The third-order valence-corrected chi connectivity index (χ3v) is 3.43. The number of hydrogen-bond acceptors (Lipinski definition) is 4. The molecule has 4 N–H and O–H groups in total. The number of carbonyl (C=O) groups is 1. The number of carboxylic acid groups (broad SMARTS) is 1. The lowest BCUT2D eigenvalue weighted by Crippen LogP contribution is -2.31. The smallest absolute Gasteiger partial charge is 0.305 e. The van der Waals surface area contributed by atoms with Crippen molar-refractivity contribution in [3.05, 3.63) is 17.7 Å². The molecule has 1 aromatic heterocycles. The molecule has 0 spiro atoms. The molecule has 2 heterocycles. The van der Waals surface area contributed by atoms with Gasteiger partial charge in [-0.1, -0.05) is 0 Å². The molecule has 0 aromatic carbocycles. The first-order valence-corrected chi connectivity index (χ1v) is 6.27. The van der Waals surface area contributed by atoms with Gasteiger partial charge in [-0.15, -0.1) is 0 Å². The van der Waals surface area contributed by atoms with Gasteiger partial charge < -0.3 is 20.7 Å². The van der Waals surface area contributed by atoms with Gasteiger partial charge in [-0.25, -0.2) is 4.98 Å². The maximum atomic E-state index is 10.6. The minimum Gasteiger partial charge on any atom is -0.481 e. The van der Waals surface area contributed by atoms with E-state index in [-0.39, 0.29) is 6.42 Å². The number of aliphatic carboxylic acids is 1. The number of imidazole rings is 1. The van der Waals surface area contributed by atoms with Gasteiger partial charge in [0.1, 0.15) is 5.82 Å². The van der Waals surface area contributed by atoms with Crippen molar-refractivity contribution >= 4 is 5.97 Å². The van der Waals surface area contributed by atoms with E-state index in [2.05, 4.69) is 21.9 Å². The Labute approximate surface area is 106 Å². The van der Waals surface area contributed by atoms with Crippen molar-refractivity contribution in [1.29, 1.82) is 0 Å². The Kier molecular flexibility index (Phi) is 3.98. The second-order valence-corrected chi connectivity index (χ2v) is 5.03. The fourth-order valence-electron chi connectivity index (χ4n) is 2.45. The molecule has 2 atom stereocenters. The summed E-state index contributed by atoms with van der Waals surface area (Å²) in [5.74, 6) is 0.112. The molecule has 1 fully saturated rings. The number of hydrogen-bond donors (Lipinski definition) is 3. The fourth-order valence-corrected chi connectivity index (χ4v) is 2.45. The zero-order chi connectivity index (χ0) is 13.1. The largest absolute Gasteiger partial charge is 0.481 e. The molecule has 1 aliphatic heterocycles. The Morgan fingerprint density at radius 1 is 1.78 bits per heavy atom. The molecule has 0 radical (unpaired) electrons. The third kappa shape index (κ3) is 3.08. The molecule has 6 heteroatoms.